The molecule has 0 bridgehead atoms. The van der Waals surface area contributed by atoms with Crippen molar-refractivity contribution in [3.63, 3.8) is 0 Å². The summed E-state index contributed by atoms with van der Waals surface area (Å²) in [4.78, 5) is 7.22. The van der Waals surface area contributed by atoms with Gasteiger partial charge in [-0.2, -0.15) is 0 Å². The van der Waals surface area contributed by atoms with E-state index in [0.29, 0.717) is 0 Å². The summed E-state index contributed by atoms with van der Waals surface area (Å²) in [6, 6.07) is 5.86. The molecule has 1 fully saturated rings. The molecular formula is C15H20ClN3. The molecule has 1 aliphatic heterocycles. The highest BCUT2D eigenvalue weighted by atomic mass is 35.5. The summed E-state index contributed by atoms with van der Waals surface area (Å²) >= 11 is 6.17. The fraction of sp³-hybridized carbons (Fsp3) is 0.533. The van der Waals surface area contributed by atoms with E-state index in [4.69, 9.17) is 11.6 Å². The predicted molar refractivity (Wildman–Crippen MR) is 78.7 cm³/mol. The van der Waals surface area contributed by atoms with Gasteiger partial charge in [-0.25, -0.2) is 4.98 Å². The van der Waals surface area contributed by atoms with Crippen molar-refractivity contribution < 1.29 is 0 Å². The Balaban J connectivity index is 1.76. The molecule has 0 radical (unpaired) electrons. The summed E-state index contributed by atoms with van der Waals surface area (Å²) in [5.41, 5.74) is 2.11. The first-order valence-corrected chi connectivity index (χ1v) is 7.49. The van der Waals surface area contributed by atoms with E-state index in [1.54, 1.807) is 0 Å². The molecule has 2 aromatic rings. The Morgan fingerprint density at radius 1 is 1.42 bits per heavy atom. The molecule has 0 aromatic carbocycles. The zero-order valence-corrected chi connectivity index (χ0v) is 12.1. The van der Waals surface area contributed by atoms with E-state index in [2.05, 4.69) is 23.0 Å². The Bertz CT molecular complexity index is 564. The number of piperidine rings is 1. The van der Waals surface area contributed by atoms with E-state index >= 15 is 0 Å². The Hall–Kier alpha value is -1.06. The van der Waals surface area contributed by atoms with Gasteiger partial charge in [-0.15, -0.1) is 0 Å². The molecular weight excluding hydrogens is 258 g/mol. The van der Waals surface area contributed by atoms with Crippen LogP contribution in [0.5, 0.6) is 0 Å². The van der Waals surface area contributed by atoms with Gasteiger partial charge in [-0.05, 0) is 50.4 Å². The van der Waals surface area contributed by atoms with Crippen molar-refractivity contribution in [1.82, 2.24) is 14.3 Å². The summed E-state index contributed by atoms with van der Waals surface area (Å²) in [6.07, 6.45) is 5.78. The Morgan fingerprint density at radius 3 is 3.11 bits per heavy atom. The van der Waals surface area contributed by atoms with E-state index in [0.717, 1.165) is 35.4 Å². The number of fused-ring (bicyclic) bond motifs is 1. The number of pyridine rings is 1. The van der Waals surface area contributed by atoms with Gasteiger partial charge in [-0.1, -0.05) is 24.6 Å². The summed E-state index contributed by atoms with van der Waals surface area (Å²) in [5.74, 6) is 0.734. The minimum atomic E-state index is 0.732. The van der Waals surface area contributed by atoms with E-state index in [1.165, 1.54) is 25.9 Å². The molecule has 3 rings (SSSR count). The monoisotopic (exact) mass is 277 g/mol. The fourth-order valence-corrected chi connectivity index (χ4v) is 3.23. The van der Waals surface area contributed by atoms with Gasteiger partial charge < -0.3 is 4.90 Å². The molecule has 1 unspecified atom stereocenters. The van der Waals surface area contributed by atoms with Crippen LogP contribution in [0.2, 0.25) is 5.15 Å². The van der Waals surface area contributed by atoms with Gasteiger partial charge in [0.05, 0.1) is 5.69 Å². The first-order chi connectivity index (χ1) is 9.26. The van der Waals surface area contributed by atoms with Crippen molar-refractivity contribution in [2.45, 2.75) is 26.2 Å². The minimum absolute atomic E-state index is 0.732. The number of hydrogen-bond acceptors (Lipinski definition) is 2. The number of hydrogen-bond donors (Lipinski definition) is 0. The van der Waals surface area contributed by atoms with Crippen molar-refractivity contribution in [2.24, 2.45) is 5.92 Å². The van der Waals surface area contributed by atoms with E-state index in [1.807, 2.05) is 22.6 Å². The minimum Gasteiger partial charge on any atom is -0.303 e. The maximum Gasteiger partial charge on any atom is 0.138 e. The predicted octanol–water partition coefficient (Wildman–Crippen LogP) is 3.26. The standard InChI is InChI=1S/C15H20ClN3/c1-2-18-8-4-5-12(10-18)9-13-11-19-14(16)6-3-7-15(19)17-13/h3,6-7,11-12H,2,4-5,8-10H2,1H3. The first kappa shape index (κ1) is 12.9. The van der Waals surface area contributed by atoms with Crippen LogP contribution in [0, 0.1) is 5.92 Å². The van der Waals surface area contributed by atoms with Crippen LogP contribution in [0.25, 0.3) is 5.65 Å². The first-order valence-electron chi connectivity index (χ1n) is 7.11. The lowest BCUT2D eigenvalue weighted by Crippen LogP contribution is -2.35. The van der Waals surface area contributed by atoms with Crippen LogP contribution < -0.4 is 0 Å². The van der Waals surface area contributed by atoms with Gasteiger partial charge in [0.25, 0.3) is 0 Å². The van der Waals surface area contributed by atoms with E-state index in [9.17, 15) is 0 Å². The van der Waals surface area contributed by atoms with Crippen LogP contribution in [0.3, 0.4) is 0 Å². The van der Waals surface area contributed by atoms with Crippen LogP contribution in [0.15, 0.2) is 24.4 Å². The average molecular weight is 278 g/mol. The van der Waals surface area contributed by atoms with Crippen molar-refractivity contribution in [3.05, 3.63) is 35.2 Å². The normalized spacial score (nSPS) is 21.1. The third-order valence-corrected chi connectivity index (χ3v) is 4.35. The number of likely N-dealkylation sites (tertiary alicyclic amines) is 1. The maximum absolute atomic E-state index is 6.17. The lowest BCUT2D eigenvalue weighted by atomic mass is 9.94. The summed E-state index contributed by atoms with van der Waals surface area (Å²) < 4.78 is 1.97. The molecule has 3 heterocycles. The van der Waals surface area contributed by atoms with Gasteiger partial charge in [0.2, 0.25) is 0 Å². The quantitative estimate of drug-likeness (QED) is 0.803. The summed E-state index contributed by atoms with van der Waals surface area (Å²) in [5, 5.41) is 0.732. The molecule has 1 saturated heterocycles. The van der Waals surface area contributed by atoms with Crippen molar-refractivity contribution >= 4 is 17.2 Å². The topological polar surface area (TPSA) is 20.5 Å². The van der Waals surface area contributed by atoms with Gasteiger partial charge in [0.15, 0.2) is 0 Å². The number of rotatable bonds is 3. The van der Waals surface area contributed by atoms with Crippen LogP contribution in [0.4, 0.5) is 0 Å². The molecule has 4 heteroatoms. The van der Waals surface area contributed by atoms with Crippen molar-refractivity contribution in [1.29, 1.82) is 0 Å². The number of imidazole rings is 1. The molecule has 0 N–H and O–H groups in total. The number of aromatic nitrogens is 2. The summed E-state index contributed by atoms with van der Waals surface area (Å²) in [7, 11) is 0. The SMILES string of the molecule is CCN1CCCC(Cc2cn3c(Cl)cccc3n2)C1. The highest BCUT2D eigenvalue weighted by Gasteiger charge is 2.20. The lowest BCUT2D eigenvalue weighted by molar-refractivity contribution is 0.181. The molecule has 3 nitrogen and oxygen atoms in total. The largest absolute Gasteiger partial charge is 0.303 e. The van der Waals surface area contributed by atoms with Crippen molar-refractivity contribution in [2.75, 3.05) is 19.6 Å². The lowest BCUT2D eigenvalue weighted by Gasteiger charge is -2.31. The van der Waals surface area contributed by atoms with Gasteiger partial charge in [0.1, 0.15) is 10.8 Å². The smallest absolute Gasteiger partial charge is 0.138 e. The van der Waals surface area contributed by atoms with Crippen LogP contribution in [-0.4, -0.2) is 33.9 Å². The molecule has 0 spiro atoms. The average Bonchev–Trinajstić information content (AvgIpc) is 2.83. The molecule has 0 saturated carbocycles. The Labute approximate surface area is 119 Å². The van der Waals surface area contributed by atoms with E-state index in [-0.39, 0.29) is 0 Å². The zero-order valence-electron chi connectivity index (χ0n) is 11.3. The second-order valence-corrected chi connectivity index (χ2v) is 5.80. The van der Waals surface area contributed by atoms with Crippen LogP contribution >= 0.6 is 11.6 Å². The molecule has 2 aromatic heterocycles. The second-order valence-electron chi connectivity index (χ2n) is 5.41. The van der Waals surface area contributed by atoms with E-state index < -0.39 is 0 Å². The summed E-state index contributed by atoms with van der Waals surface area (Å²) in [6.45, 7) is 5.86. The molecule has 0 aliphatic carbocycles. The molecule has 1 atom stereocenters. The molecule has 19 heavy (non-hydrogen) atoms. The van der Waals surface area contributed by atoms with Crippen molar-refractivity contribution in [3.8, 4) is 0 Å². The third-order valence-electron chi connectivity index (χ3n) is 4.04. The van der Waals surface area contributed by atoms with Gasteiger partial charge in [-0.3, -0.25) is 4.40 Å². The highest BCUT2D eigenvalue weighted by Crippen LogP contribution is 2.21. The van der Waals surface area contributed by atoms with Gasteiger partial charge in [0, 0.05) is 12.7 Å². The van der Waals surface area contributed by atoms with Gasteiger partial charge >= 0.3 is 0 Å². The maximum atomic E-state index is 6.17. The van der Waals surface area contributed by atoms with Crippen LogP contribution in [0.1, 0.15) is 25.5 Å². The highest BCUT2D eigenvalue weighted by molar-refractivity contribution is 6.29. The fourth-order valence-electron chi connectivity index (χ4n) is 3.03. The Morgan fingerprint density at radius 2 is 2.32 bits per heavy atom. The second kappa shape index (κ2) is 5.51. The number of nitrogens with zero attached hydrogens (tertiary/aromatic N) is 3. The number of halogens is 1. The molecule has 1 aliphatic rings. The third kappa shape index (κ3) is 2.77. The van der Waals surface area contributed by atoms with Crippen LogP contribution in [-0.2, 0) is 6.42 Å². The molecule has 102 valence electrons. The molecule has 0 amide bonds. The Kier molecular flexibility index (Phi) is 3.76. The zero-order chi connectivity index (χ0) is 13.2.